The zero-order valence-electron chi connectivity index (χ0n) is 10.9. The van der Waals surface area contributed by atoms with Gasteiger partial charge >= 0.3 is 6.18 Å². The largest absolute Gasteiger partial charge is 0.479 e. The van der Waals surface area contributed by atoms with E-state index < -0.39 is 25.2 Å². The third-order valence-corrected chi connectivity index (χ3v) is 2.64. The molecule has 0 aliphatic heterocycles. The lowest BCUT2D eigenvalue weighted by Crippen LogP contribution is -2.36. The fourth-order valence-corrected chi connectivity index (χ4v) is 1.75. The molecule has 8 heteroatoms. The van der Waals surface area contributed by atoms with Gasteiger partial charge in [0, 0.05) is 0 Å². The molecule has 5 nitrogen and oxygen atoms in total. The number of para-hydroxylation sites is 1. The number of carbonyl (C=O) groups excluding carboxylic acids is 1. The molecule has 1 amide bonds. The van der Waals surface area contributed by atoms with Crippen LogP contribution in [0.1, 0.15) is 5.76 Å². The monoisotopic (exact) mass is 302 g/mol. The molecule has 1 aromatic heterocycles. The van der Waals surface area contributed by atoms with E-state index >= 15 is 0 Å². The highest BCUT2D eigenvalue weighted by Gasteiger charge is 2.27. The van der Waals surface area contributed by atoms with Crippen LogP contribution < -0.4 is 15.8 Å². The molecule has 21 heavy (non-hydrogen) atoms. The van der Waals surface area contributed by atoms with Crippen molar-refractivity contribution in [1.82, 2.24) is 5.32 Å². The van der Waals surface area contributed by atoms with E-state index in [0.717, 1.165) is 0 Å². The van der Waals surface area contributed by atoms with Gasteiger partial charge in [0.25, 0.3) is 5.91 Å². The van der Waals surface area contributed by atoms with E-state index in [1.165, 1.54) is 0 Å². The number of rotatable bonds is 5. The van der Waals surface area contributed by atoms with Gasteiger partial charge in [-0.15, -0.1) is 0 Å². The molecule has 2 rings (SSSR count). The molecule has 0 unspecified atom stereocenters. The van der Waals surface area contributed by atoms with Crippen molar-refractivity contribution < 1.29 is 27.1 Å². The van der Waals surface area contributed by atoms with Crippen LogP contribution in [-0.4, -0.2) is 25.2 Å². The van der Waals surface area contributed by atoms with Crippen LogP contribution >= 0.6 is 0 Å². The van der Waals surface area contributed by atoms with E-state index in [1.54, 1.807) is 29.6 Å². The van der Waals surface area contributed by atoms with Crippen molar-refractivity contribution in [3.05, 3.63) is 30.0 Å². The number of benzene rings is 1. The number of fused-ring (bicyclic) bond motifs is 1. The van der Waals surface area contributed by atoms with Crippen molar-refractivity contribution in [2.75, 3.05) is 13.2 Å². The number of carbonyl (C=O) groups is 1. The van der Waals surface area contributed by atoms with Crippen molar-refractivity contribution in [2.45, 2.75) is 12.7 Å². The van der Waals surface area contributed by atoms with Crippen LogP contribution in [0.2, 0.25) is 0 Å². The van der Waals surface area contributed by atoms with Crippen molar-refractivity contribution in [2.24, 2.45) is 5.73 Å². The third-order valence-electron chi connectivity index (χ3n) is 2.64. The lowest BCUT2D eigenvalue weighted by atomic mass is 10.2. The van der Waals surface area contributed by atoms with Gasteiger partial charge in [0.15, 0.2) is 18.1 Å². The van der Waals surface area contributed by atoms with Crippen LogP contribution in [0.15, 0.2) is 28.7 Å². The summed E-state index contributed by atoms with van der Waals surface area (Å²) in [5, 5.41) is 2.33. The second-order valence-electron chi connectivity index (χ2n) is 4.24. The normalized spacial score (nSPS) is 11.6. The zero-order valence-corrected chi connectivity index (χ0v) is 10.9. The summed E-state index contributed by atoms with van der Waals surface area (Å²) in [6.07, 6.45) is -4.46. The molecule has 0 radical (unpaired) electrons. The van der Waals surface area contributed by atoms with E-state index in [2.05, 4.69) is 0 Å². The Bertz CT molecular complexity index is 637. The van der Waals surface area contributed by atoms with Crippen LogP contribution in [0, 0.1) is 0 Å². The van der Waals surface area contributed by atoms with Crippen LogP contribution in [0.3, 0.4) is 0 Å². The van der Waals surface area contributed by atoms with Crippen molar-refractivity contribution in [3.8, 4) is 5.75 Å². The quantitative estimate of drug-likeness (QED) is 0.885. The van der Waals surface area contributed by atoms with Crippen molar-refractivity contribution >= 4 is 16.9 Å². The number of nitrogens with one attached hydrogen (secondary N) is 1. The first kappa shape index (κ1) is 15.2. The molecule has 0 saturated carbocycles. The maximum atomic E-state index is 12.0. The van der Waals surface area contributed by atoms with E-state index in [0.29, 0.717) is 16.7 Å². The third kappa shape index (κ3) is 3.88. The minimum Gasteiger partial charge on any atom is -0.479 e. The standard InChI is InChI=1S/C13H13F3N2O3/c14-13(15,16)7-18-11(19)6-20-12-8-3-1-2-4-9(8)21-10(12)5-17/h1-4H,5-7,17H2,(H,18,19). The molecule has 0 spiro atoms. The molecular weight excluding hydrogens is 289 g/mol. The van der Waals surface area contributed by atoms with Crippen molar-refractivity contribution in [3.63, 3.8) is 0 Å². The molecule has 0 aliphatic rings. The second-order valence-corrected chi connectivity index (χ2v) is 4.24. The number of ether oxygens (including phenoxy) is 1. The predicted octanol–water partition coefficient (Wildman–Crippen LogP) is 1.95. The summed E-state index contributed by atoms with van der Waals surface area (Å²) in [7, 11) is 0. The molecule has 0 bridgehead atoms. The van der Waals surface area contributed by atoms with Gasteiger partial charge in [-0.05, 0) is 12.1 Å². The van der Waals surface area contributed by atoms with Gasteiger partial charge in [0.2, 0.25) is 0 Å². The smallest absolute Gasteiger partial charge is 0.405 e. The number of amides is 1. The van der Waals surface area contributed by atoms with Crippen molar-refractivity contribution in [1.29, 1.82) is 0 Å². The summed E-state index contributed by atoms with van der Waals surface area (Å²) in [5.74, 6) is -0.268. The molecule has 0 saturated heterocycles. The Morgan fingerprint density at radius 2 is 2.05 bits per heavy atom. The number of hydrogen-bond acceptors (Lipinski definition) is 4. The first-order valence-electron chi connectivity index (χ1n) is 6.07. The Morgan fingerprint density at radius 1 is 1.33 bits per heavy atom. The molecule has 3 N–H and O–H groups in total. The van der Waals surface area contributed by atoms with E-state index in [-0.39, 0.29) is 12.3 Å². The number of hydrogen-bond donors (Lipinski definition) is 2. The Labute approximate surface area is 117 Å². The number of alkyl halides is 3. The zero-order chi connectivity index (χ0) is 15.5. The first-order valence-corrected chi connectivity index (χ1v) is 6.07. The van der Waals surface area contributed by atoms with Gasteiger partial charge in [-0.2, -0.15) is 13.2 Å². The molecule has 2 aromatic rings. The molecule has 0 fully saturated rings. The van der Waals surface area contributed by atoms with Crippen LogP contribution in [0.5, 0.6) is 5.75 Å². The van der Waals surface area contributed by atoms with E-state index in [4.69, 9.17) is 14.9 Å². The summed E-state index contributed by atoms with van der Waals surface area (Å²) >= 11 is 0. The molecule has 1 aromatic carbocycles. The topological polar surface area (TPSA) is 77.5 Å². The minimum absolute atomic E-state index is 0.0498. The minimum atomic E-state index is -4.46. The molecular formula is C13H13F3N2O3. The van der Waals surface area contributed by atoms with Crippen LogP contribution in [0.25, 0.3) is 11.0 Å². The number of furan rings is 1. The maximum absolute atomic E-state index is 12.0. The van der Waals surface area contributed by atoms with Gasteiger partial charge < -0.3 is 20.2 Å². The van der Waals surface area contributed by atoms with Crippen LogP contribution in [-0.2, 0) is 11.3 Å². The lowest BCUT2D eigenvalue weighted by molar-refractivity contribution is -0.139. The molecule has 0 atom stereocenters. The number of halogens is 3. The lowest BCUT2D eigenvalue weighted by Gasteiger charge is -2.09. The summed E-state index contributed by atoms with van der Waals surface area (Å²) in [4.78, 5) is 11.3. The Morgan fingerprint density at radius 3 is 2.71 bits per heavy atom. The van der Waals surface area contributed by atoms with Crippen LogP contribution in [0.4, 0.5) is 13.2 Å². The molecule has 114 valence electrons. The number of nitrogens with two attached hydrogens (primary N) is 1. The Hall–Kier alpha value is -2.22. The fourth-order valence-electron chi connectivity index (χ4n) is 1.75. The summed E-state index contributed by atoms with van der Waals surface area (Å²) in [6.45, 7) is -1.90. The summed E-state index contributed by atoms with van der Waals surface area (Å²) in [5.41, 5.74) is 6.04. The highest BCUT2D eigenvalue weighted by atomic mass is 19.4. The highest BCUT2D eigenvalue weighted by molar-refractivity contribution is 5.86. The first-order chi connectivity index (χ1) is 9.90. The Balaban J connectivity index is 2.04. The second kappa shape index (κ2) is 6.04. The molecule has 0 aliphatic carbocycles. The van der Waals surface area contributed by atoms with Gasteiger partial charge in [0.1, 0.15) is 12.1 Å². The summed E-state index contributed by atoms with van der Waals surface area (Å²) in [6, 6.07) is 6.91. The van der Waals surface area contributed by atoms with Gasteiger partial charge in [-0.1, -0.05) is 12.1 Å². The van der Waals surface area contributed by atoms with Gasteiger partial charge in [-0.25, -0.2) is 0 Å². The average molecular weight is 302 g/mol. The fraction of sp³-hybridized carbons (Fsp3) is 0.308. The van der Waals surface area contributed by atoms with Gasteiger partial charge in [-0.3, -0.25) is 4.79 Å². The SMILES string of the molecule is NCc1oc2ccccc2c1OCC(=O)NCC(F)(F)F. The van der Waals surface area contributed by atoms with E-state index in [9.17, 15) is 18.0 Å². The predicted molar refractivity (Wildman–Crippen MR) is 68.7 cm³/mol. The molecule has 1 heterocycles. The Kier molecular flexibility index (Phi) is 4.37. The average Bonchev–Trinajstić information content (AvgIpc) is 2.80. The van der Waals surface area contributed by atoms with E-state index in [1.807, 2.05) is 0 Å². The maximum Gasteiger partial charge on any atom is 0.405 e. The highest BCUT2D eigenvalue weighted by Crippen LogP contribution is 2.32. The summed E-state index contributed by atoms with van der Waals surface area (Å²) < 4.78 is 46.6. The van der Waals surface area contributed by atoms with Gasteiger partial charge in [0.05, 0.1) is 11.9 Å².